The molecule has 27 heavy (non-hydrogen) atoms. The number of aliphatic imine (C=N–C) groups is 1. The van der Waals surface area contributed by atoms with Gasteiger partial charge in [-0.1, -0.05) is 18.2 Å². The lowest BCUT2D eigenvalue weighted by molar-refractivity contribution is 0.172. The highest BCUT2D eigenvalue weighted by molar-refractivity contribution is 14.0. The van der Waals surface area contributed by atoms with Gasteiger partial charge >= 0.3 is 0 Å². The molecule has 0 spiro atoms. The van der Waals surface area contributed by atoms with Crippen LogP contribution in [0.4, 0.5) is 0 Å². The summed E-state index contributed by atoms with van der Waals surface area (Å²) < 4.78 is 10.9. The maximum atomic E-state index is 5.97. The lowest BCUT2D eigenvalue weighted by atomic mass is 10.1. The Hall–Kier alpha value is -1.87. The van der Waals surface area contributed by atoms with E-state index in [-0.39, 0.29) is 24.0 Å². The fourth-order valence-electron chi connectivity index (χ4n) is 2.40. The van der Waals surface area contributed by atoms with Crippen molar-refractivity contribution in [3.8, 4) is 5.75 Å². The van der Waals surface area contributed by atoms with Gasteiger partial charge in [-0.25, -0.2) is 4.99 Å². The molecule has 0 bridgehead atoms. The largest absolute Gasteiger partial charge is 0.493 e. The van der Waals surface area contributed by atoms with Crippen LogP contribution in [-0.4, -0.2) is 37.8 Å². The van der Waals surface area contributed by atoms with Crippen molar-refractivity contribution in [2.45, 2.75) is 26.3 Å². The SMILES string of the molecule is COCCCOc1cc(C)ccc1CN=C(N)NCCc1ccccn1.I. The Kier molecular flexibility index (Phi) is 11.4. The number of guanidine groups is 1. The lowest BCUT2D eigenvalue weighted by Crippen LogP contribution is -2.33. The molecule has 0 aliphatic heterocycles. The lowest BCUT2D eigenvalue weighted by Gasteiger charge is -2.12. The van der Waals surface area contributed by atoms with Crippen LogP contribution < -0.4 is 15.8 Å². The summed E-state index contributed by atoms with van der Waals surface area (Å²) in [5.74, 6) is 1.28. The average Bonchev–Trinajstić information content (AvgIpc) is 2.65. The van der Waals surface area contributed by atoms with Crippen molar-refractivity contribution in [2.24, 2.45) is 10.7 Å². The van der Waals surface area contributed by atoms with Crippen molar-refractivity contribution >= 4 is 29.9 Å². The van der Waals surface area contributed by atoms with Gasteiger partial charge in [0.15, 0.2) is 5.96 Å². The van der Waals surface area contributed by atoms with E-state index in [1.807, 2.05) is 37.3 Å². The average molecular weight is 484 g/mol. The maximum Gasteiger partial charge on any atom is 0.188 e. The van der Waals surface area contributed by atoms with Crippen molar-refractivity contribution in [1.29, 1.82) is 0 Å². The third-order valence-electron chi connectivity index (χ3n) is 3.81. The van der Waals surface area contributed by atoms with Crippen LogP contribution in [0.25, 0.3) is 0 Å². The predicted molar refractivity (Wildman–Crippen MR) is 120 cm³/mol. The van der Waals surface area contributed by atoms with Gasteiger partial charge in [-0.15, -0.1) is 24.0 Å². The molecule has 1 aromatic heterocycles. The van der Waals surface area contributed by atoms with Crippen molar-refractivity contribution in [2.75, 3.05) is 26.9 Å². The van der Waals surface area contributed by atoms with E-state index in [1.54, 1.807) is 13.3 Å². The van der Waals surface area contributed by atoms with Gasteiger partial charge in [0.05, 0.1) is 13.2 Å². The molecule has 7 heteroatoms. The first-order chi connectivity index (χ1) is 12.7. The fraction of sp³-hybridized carbons (Fsp3) is 0.400. The van der Waals surface area contributed by atoms with Crippen LogP contribution >= 0.6 is 24.0 Å². The van der Waals surface area contributed by atoms with Gasteiger partial charge in [0, 0.05) is 50.6 Å². The van der Waals surface area contributed by atoms with Crippen molar-refractivity contribution < 1.29 is 9.47 Å². The molecule has 1 aromatic carbocycles. The van der Waals surface area contributed by atoms with E-state index in [4.69, 9.17) is 15.2 Å². The molecule has 6 nitrogen and oxygen atoms in total. The second-order valence-corrected chi connectivity index (χ2v) is 6.01. The van der Waals surface area contributed by atoms with Gasteiger partial charge in [-0.05, 0) is 30.7 Å². The van der Waals surface area contributed by atoms with Gasteiger partial charge in [0.25, 0.3) is 0 Å². The number of benzene rings is 1. The number of hydrogen-bond acceptors (Lipinski definition) is 4. The molecule has 0 amide bonds. The Bertz CT molecular complexity index is 696. The fourth-order valence-corrected chi connectivity index (χ4v) is 2.40. The minimum absolute atomic E-state index is 0. The number of ether oxygens (including phenoxy) is 2. The molecule has 1 heterocycles. The zero-order valence-corrected chi connectivity index (χ0v) is 18.3. The quantitative estimate of drug-likeness (QED) is 0.235. The first-order valence-corrected chi connectivity index (χ1v) is 8.84. The zero-order valence-electron chi connectivity index (χ0n) is 16.0. The Morgan fingerprint density at radius 3 is 2.81 bits per heavy atom. The summed E-state index contributed by atoms with van der Waals surface area (Å²) in [6.45, 7) is 4.52. The molecule has 2 aromatic rings. The van der Waals surface area contributed by atoms with Gasteiger partial charge < -0.3 is 20.5 Å². The number of hydrogen-bond donors (Lipinski definition) is 2. The van der Waals surface area contributed by atoms with Crippen LogP contribution in [0.5, 0.6) is 5.75 Å². The molecule has 0 atom stereocenters. The van der Waals surface area contributed by atoms with Crippen molar-refractivity contribution in [3.63, 3.8) is 0 Å². The summed E-state index contributed by atoms with van der Waals surface area (Å²) in [6, 6.07) is 12.0. The summed E-state index contributed by atoms with van der Waals surface area (Å²) in [5, 5.41) is 3.12. The van der Waals surface area contributed by atoms with Crippen LogP contribution in [0.1, 0.15) is 23.2 Å². The highest BCUT2D eigenvalue weighted by Gasteiger charge is 2.04. The molecule has 2 rings (SSSR count). The Morgan fingerprint density at radius 1 is 1.22 bits per heavy atom. The van der Waals surface area contributed by atoms with Crippen molar-refractivity contribution in [3.05, 3.63) is 59.4 Å². The number of halogens is 1. The van der Waals surface area contributed by atoms with Crippen LogP contribution in [0.2, 0.25) is 0 Å². The molecule has 0 fully saturated rings. The zero-order chi connectivity index (χ0) is 18.6. The minimum atomic E-state index is 0. The van der Waals surface area contributed by atoms with E-state index in [0.29, 0.717) is 32.3 Å². The molecule has 3 N–H and O–H groups in total. The van der Waals surface area contributed by atoms with E-state index in [0.717, 1.165) is 35.4 Å². The second kappa shape index (κ2) is 13.3. The monoisotopic (exact) mass is 484 g/mol. The number of methoxy groups -OCH3 is 1. The van der Waals surface area contributed by atoms with Crippen LogP contribution in [0.3, 0.4) is 0 Å². The summed E-state index contributed by atoms with van der Waals surface area (Å²) in [4.78, 5) is 8.70. The van der Waals surface area contributed by atoms with E-state index in [1.165, 1.54) is 0 Å². The summed E-state index contributed by atoms with van der Waals surface area (Å²) >= 11 is 0. The number of nitrogens with one attached hydrogen (secondary N) is 1. The topological polar surface area (TPSA) is 81.8 Å². The van der Waals surface area contributed by atoms with Crippen LogP contribution in [0, 0.1) is 6.92 Å². The van der Waals surface area contributed by atoms with E-state index in [9.17, 15) is 0 Å². The first kappa shape index (κ1) is 23.2. The molecule has 0 saturated heterocycles. The molecule has 0 aliphatic rings. The predicted octanol–water partition coefficient (Wildman–Crippen LogP) is 3.07. The molecule has 0 unspecified atom stereocenters. The third-order valence-corrected chi connectivity index (χ3v) is 3.81. The Labute approximate surface area is 178 Å². The highest BCUT2D eigenvalue weighted by Crippen LogP contribution is 2.21. The molecule has 148 valence electrons. The number of rotatable bonds is 10. The number of nitrogens with two attached hydrogens (primary N) is 1. The molecular weight excluding hydrogens is 455 g/mol. The minimum Gasteiger partial charge on any atom is -0.493 e. The molecule has 0 radical (unpaired) electrons. The molecular formula is C20H29IN4O2. The highest BCUT2D eigenvalue weighted by atomic mass is 127. The third kappa shape index (κ3) is 9.05. The van der Waals surface area contributed by atoms with Crippen molar-refractivity contribution in [1.82, 2.24) is 10.3 Å². The number of aromatic nitrogens is 1. The number of nitrogens with zero attached hydrogens (tertiary/aromatic N) is 2. The van der Waals surface area contributed by atoms with Gasteiger partial charge in [0.1, 0.15) is 5.75 Å². The van der Waals surface area contributed by atoms with Gasteiger partial charge in [0.2, 0.25) is 0 Å². The Morgan fingerprint density at radius 2 is 2.07 bits per heavy atom. The van der Waals surface area contributed by atoms with E-state index >= 15 is 0 Å². The summed E-state index contributed by atoms with van der Waals surface area (Å²) in [7, 11) is 1.69. The smallest absolute Gasteiger partial charge is 0.188 e. The van der Waals surface area contributed by atoms with Gasteiger partial charge in [-0.3, -0.25) is 4.98 Å². The number of pyridine rings is 1. The van der Waals surface area contributed by atoms with Crippen LogP contribution in [-0.2, 0) is 17.7 Å². The summed E-state index contributed by atoms with van der Waals surface area (Å²) in [6.07, 6.45) is 3.44. The second-order valence-electron chi connectivity index (χ2n) is 6.01. The van der Waals surface area contributed by atoms with E-state index in [2.05, 4.69) is 21.4 Å². The van der Waals surface area contributed by atoms with E-state index < -0.39 is 0 Å². The van der Waals surface area contributed by atoms with Crippen LogP contribution in [0.15, 0.2) is 47.6 Å². The molecule has 0 saturated carbocycles. The maximum absolute atomic E-state index is 5.97. The Balaban J connectivity index is 0.00000364. The standard InChI is InChI=1S/C20H28N4O2.HI/c1-16-7-8-17(19(14-16)26-13-5-12-25-2)15-24-20(21)23-11-9-18-6-3-4-10-22-18;/h3-4,6-8,10,14H,5,9,11-13,15H2,1-2H3,(H3,21,23,24);1H. The summed E-state index contributed by atoms with van der Waals surface area (Å²) in [5.41, 5.74) is 9.16. The number of aryl methyl sites for hydroxylation is 1. The van der Waals surface area contributed by atoms with Gasteiger partial charge in [-0.2, -0.15) is 0 Å². The first-order valence-electron chi connectivity index (χ1n) is 8.84. The normalized spacial score (nSPS) is 11.0. The molecule has 0 aliphatic carbocycles.